The maximum absolute atomic E-state index is 11.7. The van der Waals surface area contributed by atoms with E-state index in [2.05, 4.69) is 0 Å². The van der Waals surface area contributed by atoms with Crippen LogP contribution in [0.5, 0.6) is 0 Å². The molecule has 0 fully saturated rings. The van der Waals surface area contributed by atoms with Crippen LogP contribution in [0.2, 0.25) is 0 Å². The van der Waals surface area contributed by atoms with Crippen LogP contribution >= 0.6 is 11.3 Å². The molecule has 1 aromatic rings. The highest BCUT2D eigenvalue weighted by Crippen LogP contribution is 2.19. The second-order valence-corrected chi connectivity index (χ2v) is 3.30. The van der Waals surface area contributed by atoms with Gasteiger partial charge in [0.1, 0.15) is 4.88 Å². The minimum Gasteiger partial charge on any atom is -0.461 e. The number of carbonyl (C=O) groups excluding carboxylic acids is 1. The van der Waals surface area contributed by atoms with Crippen molar-refractivity contribution >= 4 is 23.0 Å². The Morgan fingerprint density at radius 1 is 1.69 bits per heavy atom. The van der Waals surface area contributed by atoms with Crippen molar-refractivity contribution in [3.63, 3.8) is 0 Å². The van der Waals surface area contributed by atoms with Crippen LogP contribution in [-0.4, -0.2) is 19.3 Å². The van der Waals surface area contributed by atoms with Crippen LogP contribution in [0.15, 0.2) is 11.4 Å². The first kappa shape index (κ1) is 9.98. The first-order valence-electron chi connectivity index (χ1n) is 3.81. The number of rotatable bonds is 4. The number of ether oxygens (including phenoxy) is 1. The predicted molar refractivity (Wildman–Crippen MR) is 49.6 cm³/mol. The average molecular weight is 203 g/mol. The quantitative estimate of drug-likeness (QED) is 0.600. The molecule has 1 heterocycles. The largest absolute Gasteiger partial charge is 0.461 e. The Balaban J connectivity index is 2.45. The summed E-state index contributed by atoms with van der Waals surface area (Å²) in [6.45, 7) is -0.375. The Bertz CT molecular complexity index is 287. The Hall–Kier alpha value is -1.10. The summed E-state index contributed by atoms with van der Waals surface area (Å²) in [6, 6.07) is 1.64. The molecule has 0 bridgehead atoms. The van der Waals surface area contributed by atoms with Crippen molar-refractivity contribution in [1.29, 1.82) is 0 Å². The van der Waals surface area contributed by atoms with E-state index in [4.69, 9.17) is 10.5 Å². The minimum absolute atomic E-state index is 0.104. The number of nitrogens with two attached hydrogens (primary N) is 1. The van der Waals surface area contributed by atoms with E-state index in [1.165, 1.54) is 11.3 Å². The van der Waals surface area contributed by atoms with Crippen molar-refractivity contribution in [1.82, 2.24) is 0 Å². The fourth-order valence-corrected chi connectivity index (χ4v) is 1.48. The molecule has 0 atom stereocenters. The SMILES string of the molecule is Nc1ccsc1C(=O)OCCCF. The smallest absolute Gasteiger partial charge is 0.350 e. The fourth-order valence-electron chi connectivity index (χ4n) is 0.770. The molecular weight excluding hydrogens is 193 g/mol. The number of nitrogen functional groups attached to an aromatic ring is 1. The van der Waals surface area contributed by atoms with E-state index in [-0.39, 0.29) is 13.0 Å². The highest BCUT2D eigenvalue weighted by Gasteiger charge is 2.11. The number of hydrogen-bond acceptors (Lipinski definition) is 4. The summed E-state index contributed by atoms with van der Waals surface area (Å²) in [5, 5.41) is 1.71. The zero-order valence-corrected chi connectivity index (χ0v) is 7.77. The summed E-state index contributed by atoms with van der Waals surface area (Å²) in [6.07, 6.45) is 0.233. The summed E-state index contributed by atoms with van der Waals surface area (Å²) >= 11 is 1.22. The highest BCUT2D eigenvalue weighted by molar-refractivity contribution is 7.12. The van der Waals surface area contributed by atoms with Crippen molar-refractivity contribution in [3.8, 4) is 0 Å². The van der Waals surface area contributed by atoms with Gasteiger partial charge in [0.05, 0.1) is 19.0 Å². The first-order chi connectivity index (χ1) is 6.25. The first-order valence-corrected chi connectivity index (χ1v) is 4.69. The van der Waals surface area contributed by atoms with Gasteiger partial charge in [0.2, 0.25) is 0 Å². The van der Waals surface area contributed by atoms with E-state index in [1.807, 2.05) is 0 Å². The Morgan fingerprint density at radius 3 is 3.00 bits per heavy atom. The summed E-state index contributed by atoms with van der Waals surface area (Å²) in [5.41, 5.74) is 5.89. The molecule has 0 aliphatic rings. The molecule has 0 amide bonds. The molecule has 5 heteroatoms. The topological polar surface area (TPSA) is 52.3 Å². The summed E-state index contributed by atoms with van der Waals surface area (Å²) in [5.74, 6) is -0.471. The lowest BCUT2D eigenvalue weighted by molar-refractivity contribution is 0.0501. The van der Waals surface area contributed by atoms with Gasteiger partial charge in [-0.2, -0.15) is 0 Å². The molecular formula is C8H10FNO2S. The third-order valence-corrected chi connectivity index (χ3v) is 2.30. The second-order valence-electron chi connectivity index (χ2n) is 2.38. The maximum atomic E-state index is 11.7. The normalized spacial score (nSPS) is 9.92. The van der Waals surface area contributed by atoms with Crippen LogP contribution in [-0.2, 0) is 4.74 Å². The molecule has 1 aromatic heterocycles. The van der Waals surface area contributed by atoms with Crippen molar-refractivity contribution in [3.05, 3.63) is 16.3 Å². The third-order valence-electron chi connectivity index (χ3n) is 1.39. The lowest BCUT2D eigenvalue weighted by Crippen LogP contribution is -2.06. The monoisotopic (exact) mass is 203 g/mol. The summed E-state index contributed by atoms with van der Waals surface area (Å²) in [4.78, 5) is 11.6. The van der Waals surface area contributed by atoms with Gasteiger partial charge in [-0.05, 0) is 11.4 Å². The van der Waals surface area contributed by atoms with Gasteiger partial charge in [-0.25, -0.2) is 4.79 Å². The number of esters is 1. The van der Waals surface area contributed by atoms with Crippen LogP contribution in [0, 0.1) is 0 Å². The van der Waals surface area contributed by atoms with E-state index in [9.17, 15) is 9.18 Å². The fraction of sp³-hybridized carbons (Fsp3) is 0.375. The van der Waals surface area contributed by atoms with Crippen molar-refractivity contribution in [2.75, 3.05) is 19.0 Å². The molecule has 1 rings (SSSR count). The van der Waals surface area contributed by atoms with Crippen LogP contribution in [0.1, 0.15) is 16.1 Å². The van der Waals surface area contributed by atoms with E-state index in [0.717, 1.165) is 0 Å². The zero-order chi connectivity index (χ0) is 9.68. The molecule has 0 unspecified atom stereocenters. The Labute approximate surface area is 79.3 Å². The third kappa shape index (κ3) is 2.69. The number of anilines is 1. The van der Waals surface area contributed by atoms with Gasteiger partial charge in [-0.1, -0.05) is 0 Å². The molecule has 0 spiro atoms. The van der Waals surface area contributed by atoms with Crippen LogP contribution < -0.4 is 5.73 Å². The van der Waals surface area contributed by atoms with Crippen LogP contribution in [0.25, 0.3) is 0 Å². The molecule has 13 heavy (non-hydrogen) atoms. The van der Waals surface area contributed by atoms with E-state index in [1.54, 1.807) is 11.4 Å². The number of alkyl halides is 1. The summed E-state index contributed by atoms with van der Waals surface area (Å²) < 4.78 is 16.4. The lowest BCUT2D eigenvalue weighted by Gasteiger charge is -2.01. The molecule has 0 aliphatic carbocycles. The maximum Gasteiger partial charge on any atom is 0.350 e. The minimum atomic E-state index is -0.479. The van der Waals surface area contributed by atoms with Gasteiger partial charge in [-0.3, -0.25) is 4.39 Å². The number of hydrogen-bond donors (Lipinski definition) is 1. The van der Waals surface area contributed by atoms with E-state index >= 15 is 0 Å². The van der Waals surface area contributed by atoms with E-state index in [0.29, 0.717) is 10.6 Å². The highest BCUT2D eigenvalue weighted by atomic mass is 32.1. The predicted octanol–water partition coefficient (Wildman–Crippen LogP) is 1.85. The van der Waals surface area contributed by atoms with Gasteiger partial charge >= 0.3 is 5.97 Å². The van der Waals surface area contributed by atoms with Crippen molar-refractivity contribution < 1.29 is 13.9 Å². The number of thiophene rings is 1. The van der Waals surface area contributed by atoms with Crippen LogP contribution in [0.4, 0.5) is 10.1 Å². The Kier molecular flexibility index (Phi) is 3.70. The molecule has 0 saturated heterocycles. The molecule has 2 N–H and O–H groups in total. The molecule has 0 aromatic carbocycles. The van der Waals surface area contributed by atoms with Crippen LogP contribution in [0.3, 0.4) is 0 Å². The van der Waals surface area contributed by atoms with Crippen molar-refractivity contribution in [2.45, 2.75) is 6.42 Å². The van der Waals surface area contributed by atoms with Gasteiger partial charge in [0.15, 0.2) is 0 Å². The lowest BCUT2D eigenvalue weighted by atomic mass is 10.4. The molecule has 0 radical (unpaired) electrons. The zero-order valence-electron chi connectivity index (χ0n) is 6.96. The molecule has 72 valence electrons. The van der Waals surface area contributed by atoms with Gasteiger partial charge in [0, 0.05) is 6.42 Å². The van der Waals surface area contributed by atoms with E-state index < -0.39 is 12.6 Å². The average Bonchev–Trinajstić information content (AvgIpc) is 2.52. The van der Waals surface area contributed by atoms with Gasteiger partial charge < -0.3 is 10.5 Å². The van der Waals surface area contributed by atoms with Crippen molar-refractivity contribution in [2.24, 2.45) is 0 Å². The standard InChI is InChI=1S/C8H10FNO2S/c9-3-1-4-12-8(11)7-6(10)2-5-13-7/h2,5H,1,3-4,10H2. The second kappa shape index (κ2) is 4.81. The molecule has 3 nitrogen and oxygen atoms in total. The molecule has 0 aliphatic heterocycles. The summed E-state index contributed by atoms with van der Waals surface area (Å²) in [7, 11) is 0. The van der Waals surface area contributed by atoms with Gasteiger partial charge in [0.25, 0.3) is 0 Å². The molecule has 0 saturated carbocycles. The van der Waals surface area contributed by atoms with Gasteiger partial charge in [-0.15, -0.1) is 11.3 Å². The number of carbonyl (C=O) groups is 1. The number of halogens is 1. The Morgan fingerprint density at radius 2 is 2.46 bits per heavy atom.